The normalized spacial score (nSPS) is 13.4. The molecule has 0 saturated heterocycles. The van der Waals surface area contributed by atoms with Crippen LogP contribution >= 0.6 is 0 Å². The lowest BCUT2D eigenvalue weighted by atomic mass is 9.92. The van der Waals surface area contributed by atoms with Gasteiger partial charge in [0.1, 0.15) is 11.6 Å². The quantitative estimate of drug-likeness (QED) is 0.413. The number of fused-ring (bicyclic) bond motifs is 1. The second-order valence-corrected chi connectivity index (χ2v) is 10.1. The van der Waals surface area contributed by atoms with Gasteiger partial charge in [0, 0.05) is 41.6 Å². The van der Waals surface area contributed by atoms with Gasteiger partial charge in [-0.25, -0.2) is 9.97 Å². The van der Waals surface area contributed by atoms with Gasteiger partial charge < -0.3 is 21.3 Å². The summed E-state index contributed by atoms with van der Waals surface area (Å²) in [6, 6.07) is 14.2. The third kappa shape index (κ3) is 5.72. The minimum Gasteiger partial charge on any atom is -0.350 e. The van der Waals surface area contributed by atoms with E-state index >= 15 is 0 Å². The van der Waals surface area contributed by atoms with Gasteiger partial charge in [-0.05, 0) is 62.2 Å². The first-order valence-corrected chi connectivity index (χ1v) is 11.8. The number of rotatable bonds is 6. The first-order valence-electron chi connectivity index (χ1n) is 11.8. The molecular weight excluding hydrogens is 424 g/mol. The number of nitrogens with zero attached hydrogens (tertiary/aromatic N) is 2. The zero-order valence-corrected chi connectivity index (χ0v) is 20.6. The first kappa shape index (κ1) is 23.7. The van der Waals surface area contributed by atoms with E-state index in [-0.39, 0.29) is 17.4 Å². The molecule has 0 unspecified atom stereocenters. The SMILES string of the molecule is CC(C)NC(=O)c1cnc(Nc2ccc3c(c2)CNCC3)cc1Nc1cccc(C(C)(C)C)n1. The van der Waals surface area contributed by atoms with E-state index in [1.54, 1.807) is 6.20 Å². The van der Waals surface area contributed by atoms with Gasteiger partial charge in [0.05, 0.1) is 11.3 Å². The van der Waals surface area contributed by atoms with Crippen LogP contribution < -0.4 is 21.3 Å². The number of carbonyl (C=O) groups is 1. The number of aromatic nitrogens is 2. The van der Waals surface area contributed by atoms with Crippen LogP contribution in [0.4, 0.5) is 23.0 Å². The number of hydrogen-bond donors (Lipinski definition) is 4. The molecule has 1 aromatic carbocycles. The highest BCUT2D eigenvalue weighted by molar-refractivity contribution is 6.00. The van der Waals surface area contributed by atoms with E-state index in [9.17, 15) is 4.79 Å². The Morgan fingerprint density at radius 1 is 1.03 bits per heavy atom. The molecule has 0 atom stereocenters. The average molecular weight is 459 g/mol. The van der Waals surface area contributed by atoms with Crippen molar-refractivity contribution in [2.75, 3.05) is 17.2 Å². The molecule has 3 heterocycles. The number of carbonyl (C=O) groups excluding carboxylic acids is 1. The number of hydrogen-bond acceptors (Lipinski definition) is 6. The summed E-state index contributed by atoms with van der Waals surface area (Å²) in [5.74, 6) is 1.16. The molecule has 1 amide bonds. The molecule has 0 spiro atoms. The lowest BCUT2D eigenvalue weighted by Gasteiger charge is -2.20. The fraction of sp³-hybridized carbons (Fsp3) is 0.370. The van der Waals surface area contributed by atoms with Crippen LogP contribution in [0.2, 0.25) is 0 Å². The van der Waals surface area contributed by atoms with Crippen LogP contribution in [-0.4, -0.2) is 28.5 Å². The maximum atomic E-state index is 12.9. The molecule has 178 valence electrons. The van der Waals surface area contributed by atoms with E-state index in [1.807, 2.05) is 38.1 Å². The molecule has 0 aliphatic carbocycles. The molecule has 1 aliphatic rings. The summed E-state index contributed by atoms with van der Waals surface area (Å²) in [4.78, 5) is 22.2. The Morgan fingerprint density at radius 3 is 2.62 bits per heavy atom. The van der Waals surface area contributed by atoms with Gasteiger partial charge in [0.25, 0.3) is 5.91 Å². The fourth-order valence-electron chi connectivity index (χ4n) is 3.91. The number of anilines is 4. The van der Waals surface area contributed by atoms with Crippen LogP contribution in [-0.2, 0) is 18.4 Å². The van der Waals surface area contributed by atoms with Crippen LogP contribution in [0, 0.1) is 0 Å². The summed E-state index contributed by atoms with van der Waals surface area (Å²) in [5.41, 5.74) is 5.65. The average Bonchev–Trinajstić information content (AvgIpc) is 2.78. The molecule has 0 radical (unpaired) electrons. The summed E-state index contributed by atoms with van der Waals surface area (Å²) < 4.78 is 0. The largest absolute Gasteiger partial charge is 0.350 e. The molecule has 0 saturated carbocycles. The Morgan fingerprint density at radius 2 is 1.85 bits per heavy atom. The predicted molar refractivity (Wildman–Crippen MR) is 138 cm³/mol. The monoisotopic (exact) mass is 458 g/mol. The summed E-state index contributed by atoms with van der Waals surface area (Å²) in [6.07, 6.45) is 2.65. The third-order valence-electron chi connectivity index (χ3n) is 5.71. The third-order valence-corrected chi connectivity index (χ3v) is 5.71. The summed E-state index contributed by atoms with van der Waals surface area (Å²) in [5, 5.41) is 13.1. The molecule has 7 nitrogen and oxygen atoms in total. The second kappa shape index (κ2) is 9.81. The molecule has 1 aliphatic heterocycles. The van der Waals surface area contributed by atoms with Crippen molar-refractivity contribution in [2.24, 2.45) is 0 Å². The summed E-state index contributed by atoms with van der Waals surface area (Å²) in [6.45, 7) is 12.1. The molecule has 0 fully saturated rings. The molecule has 2 aromatic heterocycles. The van der Waals surface area contributed by atoms with Crippen molar-refractivity contribution in [3.8, 4) is 0 Å². The maximum absolute atomic E-state index is 12.9. The van der Waals surface area contributed by atoms with Crippen LogP contribution in [0.5, 0.6) is 0 Å². The Balaban J connectivity index is 1.65. The topological polar surface area (TPSA) is 91.0 Å². The number of benzene rings is 1. The van der Waals surface area contributed by atoms with Gasteiger partial charge in [-0.1, -0.05) is 32.9 Å². The second-order valence-electron chi connectivity index (χ2n) is 10.1. The maximum Gasteiger partial charge on any atom is 0.255 e. The van der Waals surface area contributed by atoms with Gasteiger partial charge in [0.15, 0.2) is 0 Å². The number of pyridine rings is 2. The lowest BCUT2D eigenvalue weighted by molar-refractivity contribution is 0.0943. The van der Waals surface area contributed by atoms with Gasteiger partial charge in [-0.3, -0.25) is 4.79 Å². The molecule has 34 heavy (non-hydrogen) atoms. The first-order chi connectivity index (χ1) is 16.2. The van der Waals surface area contributed by atoms with Crippen LogP contribution in [0.1, 0.15) is 61.8 Å². The van der Waals surface area contributed by atoms with Crippen molar-refractivity contribution in [3.63, 3.8) is 0 Å². The van der Waals surface area contributed by atoms with E-state index in [2.05, 4.69) is 65.2 Å². The fourth-order valence-corrected chi connectivity index (χ4v) is 3.91. The standard InChI is InChI=1S/C27H34N6O/c1-17(2)30-26(34)21-16-29-25(31-20-10-9-18-11-12-28-15-19(18)13-20)14-22(21)32-24-8-6-7-23(33-24)27(3,4)5/h6-10,13-14,16-17,28H,11-12,15H2,1-5H3,(H,30,34)(H2,29,31,32,33). The van der Waals surface area contributed by atoms with E-state index in [0.29, 0.717) is 22.9 Å². The van der Waals surface area contributed by atoms with Crippen molar-refractivity contribution < 1.29 is 4.79 Å². The van der Waals surface area contributed by atoms with E-state index < -0.39 is 0 Å². The molecule has 4 rings (SSSR count). The Labute approximate surface area is 201 Å². The van der Waals surface area contributed by atoms with Crippen molar-refractivity contribution in [1.29, 1.82) is 0 Å². The predicted octanol–water partition coefficient (Wildman–Crippen LogP) is 5.05. The zero-order valence-electron chi connectivity index (χ0n) is 20.6. The minimum absolute atomic E-state index is 0.0181. The molecule has 4 N–H and O–H groups in total. The highest BCUT2D eigenvalue weighted by Gasteiger charge is 2.18. The van der Waals surface area contributed by atoms with E-state index in [0.717, 1.165) is 30.9 Å². The summed E-state index contributed by atoms with van der Waals surface area (Å²) in [7, 11) is 0. The Kier molecular flexibility index (Phi) is 6.84. The molecule has 7 heteroatoms. The van der Waals surface area contributed by atoms with Crippen molar-refractivity contribution in [1.82, 2.24) is 20.6 Å². The lowest BCUT2D eigenvalue weighted by Crippen LogP contribution is -2.30. The number of nitrogens with one attached hydrogen (secondary N) is 4. The van der Waals surface area contributed by atoms with Crippen molar-refractivity contribution in [2.45, 2.75) is 59.0 Å². The molecular formula is C27H34N6O. The highest BCUT2D eigenvalue weighted by Crippen LogP contribution is 2.28. The van der Waals surface area contributed by atoms with Crippen LogP contribution in [0.25, 0.3) is 0 Å². The number of amides is 1. The van der Waals surface area contributed by atoms with Gasteiger partial charge in [-0.2, -0.15) is 0 Å². The smallest absolute Gasteiger partial charge is 0.255 e. The van der Waals surface area contributed by atoms with E-state index in [4.69, 9.17) is 4.98 Å². The van der Waals surface area contributed by atoms with Gasteiger partial charge in [-0.15, -0.1) is 0 Å². The van der Waals surface area contributed by atoms with Gasteiger partial charge >= 0.3 is 0 Å². The highest BCUT2D eigenvalue weighted by atomic mass is 16.1. The Hall–Kier alpha value is -3.45. The molecule has 3 aromatic rings. The zero-order chi connectivity index (χ0) is 24.3. The minimum atomic E-state index is -0.177. The summed E-state index contributed by atoms with van der Waals surface area (Å²) >= 11 is 0. The molecule has 0 bridgehead atoms. The van der Waals surface area contributed by atoms with E-state index in [1.165, 1.54) is 11.1 Å². The van der Waals surface area contributed by atoms with Crippen LogP contribution in [0.15, 0.2) is 48.7 Å². The van der Waals surface area contributed by atoms with Crippen LogP contribution in [0.3, 0.4) is 0 Å². The van der Waals surface area contributed by atoms with Gasteiger partial charge in [0.2, 0.25) is 0 Å². The van der Waals surface area contributed by atoms with Crippen molar-refractivity contribution in [3.05, 3.63) is 71.0 Å². The van der Waals surface area contributed by atoms with Crippen molar-refractivity contribution >= 4 is 28.9 Å². The Bertz CT molecular complexity index is 1180.